The number of carbonyl (C=O) groups is 2. The number of nitrogens with zero attached hydrogens (tertiary/aromatic N) is 1. The molecule has 0 spiro atoms. The van der Waals surface area contributed by atoms with E-state index in [2.05, 4.69) is 0 Å². The Labute approximate surface area is 119 Å². The summed E-state index contributed by atoms with van der Waals surface area (Å²) >= 11 is 0. The van der Waals surface area contributed by atoms with E-state index in [1.165, 1.54) is 18.7 Å². The first kappa shape index (κ1) is 16.2. The zero-order valence-electron chi connectivity index (χ0n) is 12.2. The average Bonchev–Trinajstić information content (AvgIpc) is 2.40. The first-order valence-corrected chi connectivity index (χ1v) is 6.65. The summed E-state index contributed by atoms with van der Waals surface area (Å²) in [5, 5.41) is 9.23. The van der Waals surface area contributed by atoms with Gasteiger partial charge in [-0.3, -0.25) is 4.79 Å². The largest absolute Gasteiger partial charge is 0.480 e. The Bertz CT molecular complexity index is 471. The summed E-state index contributed by atoms with van der Waals surface area (Å²) < 4.78 is 0. The van der Waals surface area contributed by atoms with Crippen LogP contribution in [0, 0.1) is 0 Å². The molecule has 3 N–H and O–H groups in total. The van der Waals surface area contributed by atoms with Gasteiger partial charge in [-0.1, -0.05) is 30.3 Å². The molecule has 1 amide bonds. The molecule has 0 aromatic heterocycles. The van der Waals surface area contributed by atoms with Crippen LogP contribution in [0.3, 0.4) is 0 Å². The number of carbonyl (C=O) groups excluding carboxylic acids is 1. The molecular formula is C15H22N2O3. The fourth-order valence-corrected chi connectivity index (χ4v) is 2.10. The highest BCUT2D eigenvalue weighted by atomic mass is 16.4. The third-order valence-electron chi connectivity index (χ3n) is 3.40. The van der Waals surface area contributed by atoms with Crippen molar-refractivity contribution in [3.8, 4) is 0 Å². The van der Waals surface area contributed by atoms with Crippen LogP contribution in [0.4, 0.5) is 0 Å². The molecule has 0 radical (unpaired) electrons. The van der Waals surface area contributed by atoms with E-state index in [9.17, 15) is 14.7 Å². The van der Waals surface area contributed by atoms with E-state index < -0.39 is 17.6 Å². The molecular weight excluding hydrogens is 256 g/mol. The third kappa shape index (κ3) is 3.57. The van der Waals surface area contributed by atoms with Crippen molar-refractivity contribution in [2.24, 2.45) is 5.73 Å². The molecule has 5 heteroatoms. The summed E-state index contributed by atoms with van der Waals surface area (Å²) in [5.74, 6) is -1.39. The molecule has 20 heavy (non-hydrogen) atoms. The Kier molecular flexibility index (Phi) is 5.27. The molecule has 1 atom stereocenters. The monoisotopic (exact) mass is 278 g/mol. The SMILES string of the molecule is CCN(C(=O)C(N)Cc1ccccc1)C(C)(C)C(=O)O. The Morgan fingerprint density at radius 1 is 1.30 bits per heavy atom. The van der Waals surface area contributed by atoms with Crippen LogP contribution in [-0.2, 0) is 16.0 Å². The minimum absolute atomic E-state index is 0.306. The highest BCUT2D eigenvalue weighted by molar-refractivity contribution is 5.89. The lowest BCUT2D eigenvalue weighted by atomic mass is 9.99. The van der Waals surface area contributed by atoms with Gasteiger partial charge in [-0.15, -0.1) is 0 Å². The van der Waals surface area contributed by atoms with Crippen LogP contribution in [0.1, 0.15) is 26.3 Å². The summed E-state index contributed by atoms with van der Waals surface area (Å²) in [7, 11) is 0. The van der Waals surface area contributed by atoms with Crippen molar-refractivity contribution in [1.82, 2.24) is 4.90 Å². The highest BCUT2D eigenvalue weighted by Crippen LogP contribution is 2.16. The van der Waals surface area contributed by atoms with Crippen LogP contribution in [0.2, 0.25) is 0 Å². The van der Waals surface area contributed by atoms with Crippen LogP contribution in [0.25, 0.3) is 0 Å². The first-order chi connectivity index (χ1) is 9.30. The molecule has 1 aromatic rings. The van der Waals surface area contributed by atoms with E-state index >= 15 is 0 Å². The number of amides is 1. The lowest BCUT2D eigenvalue weighted by molar-refractivity contribution is -0.157. The van der Waals surface area contributed by atoms with Gasteiger partial charge in [0, 0.05) is 6.54 Å². The maximum absolute atomic E-state index is 12.4. The van der Waals surface area contributed by atoms with Crippen LogP contribution in [0.5, 0.6) is 0 Å². The summed E-state index contributed by atoms with van der Waals surface area (Å²) in [6.07, 6.45) is 0.395. The number of carboxylic acid groups (broad SMARTS) is 1. The molecule has 5 nitrogen and oxygen atoms in total. The standard InChI is InChI=1S/C15H22N2O3/c1-4-17(15(2,3)14(19)20)13(18)12(16)10-11-8-6-5-7-9-11/h5-9,12H,4,10,16H2,1-3H3,(H,19,20). The second-order valence-corrected chi connectivity index (χ2v) is 5.24. The van der Waals surface area contributed by atoms with E-state index in [0.717, 1.165) is 5.56 Å². The Morgan fingerprint density at radius 3 is 2.30 bits per heavy atom. The fraction of sp³-hybridized carbons (Fsp3) is 0.467. The van der Waals surface area contributed by atoms with Crippen molar-refractivity contribution >= 4 is 11.9 Å². The normalized spacial score (nSPS) is 12.8. The smallest absolute Gasteiger partial charge is 0.329 e. The second kappa shape index (κ2) is 6.52. The quantitative estimate of drug-likeness (QED) is 0.820. The minimum Gasteiger partial charge on any atom is -0.480 e. The number of aliphatic carboxylic acids is 1. The Morgan fingerprint density at radius 2 is 1.85 bits per heavy atom. The van der Waals surface area contributed by atoms with Gasteiger partial charge in [-0.2, -0.15) is 0 Å². The lowest BCUT2D eigenvalue weighted by Gasteiger charge is -2.35. The van der Waals surface area contributed by atoms with Gasteiger partial charge in [0.1, 0.15) is 5.54 Å². The molecule has 0 saturated heterocycles. The van der Waals surface area contributed by atoms with Gasteiger partial charge in [0.2, 0.25) is 5.91 Å². The van der Waals surface area contributed by atoms with Crippen molar-refractivity contribution in [3.05, 3.63) is 35.9 Å². The van der Waals surface area contributed by atoms with Crippen LogP contribution in [0.15, 0.2) is 30.3 Å². The molecule has 0 aliphatic heterocycles. The van der Waals surface area contributed by atoms with E-state index in [4.69, 9.17) is 5.73 Å². The average molecular weight is 278 g/mol. The summed E-state index contributed by atoms with van der Waals surface area (Å²) in [4.78, 5) is 24.9. The number of likely N-dealkylation sites (N-methyl/N-ethyl adjacent to an activating group) is 1. The zero-order valence-corrected chi connectivity index (χ0v) is 12.2. The zero-order chi connectivity index (χ0) is 15.3. The molecule has 0 aliphatic carbocycles. The molecule has 0 saturated carbocycles. The van der Waals surface area contributed by atoms with Crippen LogP contribution < -0.4 is 5.73 Å². The lowest BCUT2D eigenvalue weighted by Crippen LogP contribution is -2.57. The fourth-order valence-electron chi connectivity index (χ4n) is 2.10. The predicted octanol–water partition coefficient (Wildman–Crippen LogP) is 1.27. The van der Waals surface area contributed by atoms with Gasteiger partial charge < -0.3 is 15.7 Å². The number of hydrogen-bond donors (Lipinski definition) is 2. The van der Waals surface area contributed by atoms with E-state index in [-0.39, 0.29) is 5.91 Å². The maximum Gasteiger partial charge on any atom is 0.329 e. The van der Waals surface area contributed by atoms with Gasteiger partial charge in [-0.05, 0) is 32.8 Å². The van der Waals surface area contributed by atoms with Crippen molar-refractivity contribution in [1.29, 1.82) is 0 Å². The topological polar surface area (TPSA) is 83.6 Å². The van der Waals surface area contributed by atoms with Crippen molar-refractivity contribution in [3.63, 3.8) is 0 Å². The molecule has 0 heterocycles. The van der Waals surface area contributed by atoms with Gasteiger partial charge in [-0.25, -0.2) is 4.79 Å². The van der Waals surface area contributed by atoms with Crippen molar-refractivity contribution < 1.29 is 14.7 Å². The minimum atomic E-state index is -1.26. The molecule has 110 valence electrons. The molecule has 0 bridgehead atoms. The summed E-state index contributed by atoms with van der Waals surface area (Å²) in [6.45, 7) is 5.07. The van der Waals surface area contributed by atoms with E-state index in [1.54, 1.807) is 6.92 Å². The van der Waals surface area contributed by atoms with E-state index in [1.807, 2.05) is 30.3 Å². The molecule has 0 aliphatic rings. The van der Waals surface area contributed by atoms with Gasteiger partial charge in [0.15, 0.2) is 0 Å². The molecule has 1 aromatic carbocycles. The molecule has 1 unspecified atom stereocenters. The summed E-state index contributed by atoms with van der Waals surface area (Å²) in [5.41, 5.74) is 5.63. The number of carboxylic acids is 1. The number of rotatable bonds is 6. The Hall–Kier alpha value is -1.88. The third-order valence-corrected chi connectivity index (χ3v) is 3.40. The highest BCUT2D eigenvalue weighted by Gasteiger charge is 2.38. The first-order valence-electron chi connectivity index (χ1n) is 6.65. The van der Waals surface area contributed by atoms with Gasteiger partial charge in [0.05, 0.1) is 6.04 Å². The van der Waals surface area contributed by atoms with Crippen LogP contribution in [-0.4, -0.2) is 40.0 Å². The second-order valence-electron chi connectivity index (χ2n) is 5.24. The number of benzene rings is 1. The number of hydrogen-bond acceptors (Lipinski definition) is 3. The number of nitrogens with two attached hydrogens (primary N) is 1. The molecule has 0 fully saturated rings. The summed E-state index contributed by atoms with van der Waals surface area (Å²) in [6, 6.07) is 8.70. The van der Waals surface area contributed by atoms with Crippen molar-refractivity contribution in [2.45, 2.75) is 38.8 Å². The maximum atomic E-state index is 12.4. The van der Waals surface area contributed by atoms with Crippen LogP contribution >= 0.6 is 0 Å². The van der Waals surface area contributed by atoms with Crippen molar-refractivity contribution in [2.75, 3.05) is 6.54 Å². The predicted molar refractivity (Wildman–Crippen MR) is 77.2 cm³/mol. The van der Waals surface area contributed by atoms with Gasteiger partial charge >= 0.3 is 5.97 Å². The van der Waals surface area contributed by atoms with E-state index in [0.29, 0.717) is 13.0 Å². The Balaban J connectivity index is 2.84. The molecule has 1 rings (SSSR count). The van der Waals surface area contributed by atoms with Gasteiger partial charge in [0.25, 0.3) is 0 Å².